The molecule has 0 amide bonds. The van der Waals surface area contributed by atoms with Gasteiger partial charge in [0.2, 0.25) is 5.28 Å². The van der Waals surface area contributed by atoms with Gasteiger partial charge in [0.1, 0.15) is 5.82 Å². The van der Waals surface area contributed by atoms with E-state index in [-0.39, 0.29) is 5.28 Å². The van der Waals surface area contributed by atoms with Crippen molar-refractivity contribution in [3.05, 3.63) is 16.0 Å². The summed E-state index contributed by atoms with van der Waals surface area (Å²) in [7, 11) is 0. The van der Waals surface area contributed by atoms with Crippen molar-refractivity contribution < 1.29 is 4.74 Å². The molecule has 0 aliphatic heterocycles. The molecule has 1 aromatic heterocycles. The fourth-order valence-corrected chi connectivity index (χ4v) is 1.46. The highest BCUT2D eigenvalue weighted by molar-refractivity contribution is 9.10. The van der Waals surface area contributed by atoms with Crippen LogP contribution >= 0.6 is 27.5 Å². The number of aromatic nitrogens is 2. The van der Waals surface area contributed by atoms with Crippen LogP contribution in [-0.2, 0) is 4.74 Å². The Balaban J connectivity index is 2.33. The van der Waals surface area contributed by atoms with Crippen LogP contribution in [0.3, 0.4) is 0 Å². The van der Waals surface area contributed by atoms with E-state index in [1.54, 1.807) is 6.20 Å². The summed E-state index contributed by atoms with van der Waals surface area (Å²) in [6.07, 6.45) is 2.56. The summed E-state index contributed by atoms with van der Waals surface area (Å²) in [5.74, 6) is 0.714. The summed E-state index contributed by atoms with van der Waals surface area (Å²) in [5.41, 5.74) is 0. The van der Waals surface area contributed by atoms with Gasteiger partial charge >= 0.3 is 0 Å². The van der Waals surface area contributed by atoms with Crippen molar-refractivity contribution in [2.45, 2.75) is 13.3 Å². The number of anilines is 1. The number of rotatable bonds is 6. The van der Waals surface area contributed by atoms with Crippen LogP contribution in [0.4, 0.5) is 5.82 Å². The molecule has 84 valence electrons. The molecule has 15 heavy (non-hydrogen) atoms. The molecular weight excluding hydrogens is 281 g/mol. The molecule has 0 atom stereocenters. The van der Waals surface area contributed by atoms with E-state index >= 15 is 0 Å². The van der Waals surface area contributed by atoms with Gasteiger partial charge in [0.25, 0.3) is 0 Å². The van der Waals surface area contributed by atoms with Crippen molar-refractivity contribution >= 4 is 33.3 Å². The standard InChI is InChI=1S/C9H13BrClN3O/c1-2-15-5-3-4-12-8-7(10)6-13-9(11)14-8/h6H,2-5H2,1H3,(H,12,13,14). The first-order chi connectivity index (χ1) is 7.24. The first-order valence-electron chi connectivity index (χ1n) is 4.73. The van der Waals surface area contributed by atoms with Crippen molar-refractivity contribution in [2.75, 3.05) is 25.1 Å². The van der Waals surface area contributed by atoms with Gasteiger partial charge in [-0.05, 0) is 40.9 Å². The molecule has 0 radical (unpaired) electrons. The number of hydrogen-bond donors (Lipinski definition) is 1. The maximum atomic E-state index is 5.67. The van der Waals surface area contributed by atoms with E-state index in [1.807, 2.05) is 6.92 Å². The van der Waals surface area contributed by atoms with Crippen LogP contribution in [0, 0.1) is 0 Å². The average Bonchev–Trinajstić information content (AvgIpc) is 2.23. The molecule has 0 spiro atoms. The molecule has 0 saturated heterocycles. The highest BCUT2D eigenvalue weighted by Gasteiger charge is 2.02. The van der Waals surface area contributed by atoms with E-state index < -0.39 is 0 Å². The molecule has 1 heterocycles. The van der Waals surface area contributed by atoms with Crippen LogP contribution in [0.1, 0.15) is 13.3 Å². The number of hydrogen-bond acceptors (Lipinski definition) is 4. The molecule has 0 fully saturated rings. The highest BCUT2D eigenvalue weighted by Crippen LogP contribution is 2.19. The second-order valence-corrected chi connectivity index (χ2v) is 4.01. The normalized spacial score (nSPS) is 10.3. The van der Waals surface area contributed by atoms with Gasteiger partial charge in [-0.2, -0.15) is 4.98 Å². The molecule has 0 unspecified atom stereocenters. The van der Waals surface area contributed by atoms with Crippen molar-refractivity contribution in [2.24, 2.45) is 0 Å². The first kappa shape index (κ1) is 12.7. The molecule has 1 N–H and O–H groups in total. The van der Waals surface area contributed by atoms with Crippen molar-refractivity contribution in [1.82, 2.24) is 9.97 Å². The topological polar surface area (TPSA) is 47.0 Å². The van der Waals surface area contributed by atoms with Crippen LogP contribution in [-0.4, -0.2) is 29.7 Å². The second-order valence-electron chi connectivity index (χ2n) is 2.81. The lowest BCUT2D eigenvalue weighted by Crippen LogP contribution is -2.07. The summed E-state index contributed by atoms with van der Waals surface area (Å²) < 4.78 is 6.02. The number of halogens is 2. The maximum Gasteiger partial charge on any atom is 0.224 e. The van der Waals surface area contributed by atoms with E-state index in [0.29, 0.717) is 5.82 Å². The lowest BCUT2D eigenvalue weighted by Gasteiger charge is -2.07. The minimum Gasteiger partial charge on any atom is -0.382 e. The molecule has 0 saturated carbocycles. The van der Waals surface area contributed by atoms with Crippen LogP contribution in [0.25, 0.3) is 0 Å². The lowest BCUT2D eigenvalue weighted by atomic mass is 10.4. The summed E-state index contributed by atoms with van der Waals surface area (Å²) in [6.45, 7) is 4.28. The SMILES string of the molecule is CCOCCCNc1nc(Cl)ncc1Br. The average molecular weight is 295 g/mol. The van der Waals surface area contributed by atoms with Crippen LogP contribution in [0.15, 0.2) is 10.7 Å². The maximum absolute atomic E-state index is 5.67. The van der Waals surface area contributed by atoms with Gasteiger partial charge in [-0.15, -0.1) is 0 Å². The Morgan fingerprint density at radius 1 is 1.60 bits per heavy atom. The van der Waals surface area contributed by atoms with Gasteiger partial charge in [0.15, 0.2) is 0 Å². The van der Waals surface area contributed by atoms with Gasteiger partial charge in [0, 0.05) is 26.0 Å². The van der Waals surface area contributed by atoms with Crippen molar-refractivity contribution in [1.29, 1.82) is 0 Å². The van der Waals surface area contributed by atoms with E-state index in [0.717, 1.165) is 30.7 Å². The van der Waals surface area contributed by atoms with Gasteiger partial charge in [-0.3, -0.25) is 0 Å². The molecule has 1 rings (SSSR count). The molecule has 6 heteroatoms. The molecule has 4 nitrogen and oxygen atoms in total. The van der Waals surface area contributed by atoms with Crippen LogP contribution in [0.2, 0.25) is 5.28 Å². The Kier molecular flexibility index (Phi) is 5.90. The quantitative estimate of drug-likeness (QED) is 0.647. The fourth-order valence-electron chi connectivity index (χ4n) is 0.995. The fraction of sp³-hybridized carbons (Fsp3) is 0.556. The summed E-state index contributed by atoms with van der Waals surface area (Å²) >= 11 is 9.01. The third-order valence-electron chi connectivity index (χ3n) is 1.68. The summed E-state index contributed by atoms with van der Waals surface area (Å²) in [6, 6.07) is 0. The molecule has 1 aromatic rings. The van der Waals surface area contributed by atoms with Crippen molar-refractivity contribution in [3.63, 3.8) is 0 Å². The lowest BCUT2D eigenvalue weighted by molar-refractivity contribution is 0.147. The molecule has 0 aliphatic rings. The monoisotopic (exact) mass is 293 g/mol. The third kappa shape index (κ3) is 4.77. The largest absolute Gasteiger partial charge is 0.382 e. The minimum atomic E-state index is 0.241. The second kappa shape index (κ2) is 6.98. The zero-order chi connectivity index (χ0) is 11.1. The molecule has 0 aromatic carbocycles. The minimum absolute atomic E-state index is 0.241. The third-order valence-corrected chi connectivity index (χ3v) is 2.44. The van der Waals surface area contributed by atoms with Gasteiger partial charge in [-0.25, -0.2) is 4.98 Å². The predicted octanol–water partition coefficient (Wildman–Crippen LogP) is 2.73. The Bertz CT molecular complexity index is 311. The number of ether oxygens (including phenoxy) is 1. The van der Waals surface area contributed by atoms with E-state index in [2.05, 4.69) is 31.2 Å². The molecule has 0 bridgehead atoms. The number of nitrogens with zero attached hydrogens (tertiary/aromatic N) is 2. The molecular formula is C9H13BrClN3O. The van der Waals surface area contributed by atoms with E-state index in [4.69, 9.17) is 16.3 Å². The summed E-state index contributed by atoms with van der Waals surface area (Å²) in [4.78, 5) is 7.89. The van der Waals surface area contributed by atoms with Gasteiger partial charge in [0.05, 0.1) is 4.47 Å². The van der Waals surface area contributed by atoms with Crippen LogP contribution in [0.5, 0.6) is 0 Å². The van der Waals surface area contributed by atoms with E-state index in [1.165, 1.54) is 0 Å². The first-order valence-corrected chi connectivity index (χ1v) is 5.90. The Morgan fingerprint density at radius 3 is 3.13 bits per heavy atom. The Hall–Kier alpha value is -0.390. The Labute approximate surface area is 103 Å². The summed E-state index contributed by atoms with van der Waals surface area (Å²) in [5, 5.41) is 3.39. The van der Waals surface area contributed by atoms with Crippen molar-refractivity contribution in [3.8, 4) is 0 Å². The van der Waals surface area contributed by atoms with Gasteiger partial charge < -0.3 is 10.1 Å². The smallest absolute Gasteiger partial charge is 0.224 e. The predicted molar refractivity (Wildman–Crippen MR) is 64.3 cm³/mol. The van der Waals surface area contributed by atoms with Crippen LogP contribution < -0.4 is 5.32 Å². The Morgan fingerprint density at radius 2 is 2.40 bits per heavy atom. The zero-order valence-corrected chi connectivity index (χ0v) is 10.8. The zero-order valence-electron chi connectivity index (χ0n) is 8.46. The number of nitrogens with one attached hydrogen (secondary N) is 1. The van der Waals surface area contributed by atoms with E-state index in [9.17, 15) is 0 Å². The highest BCUT2D eigenvalue weighted by atomic mass is 79.9. The molecule has 0 aliphatic carbocycles. The van der Waals surface area contributed by atoms with Gasteiger partial charge in [-0.1, -0.05) is 0 Å².